The van der Waals surface area contributed by atoms with Crippen molar-refractivity contribution in [3.8, 4) is 0 Å². The summed E-state index contributed by atoms with van der Waals surface area (Å²) < 4.78 is 0. The highest BCUT2D eigenvalue weighted by Gasteiger charge is 2.29. The Labute approximate surface area is 140 Å². The average Bonchev–Trinajstić information content (AvgIpc) is 3.00. The lowest BCUT2D eigenvalue weighted by Crippen LogP contribution is -2.56. The molecule has 1 rings (SSSR count). The number of aliphatic carboxylic acids is 1. The second kappa shape index (κ2) is 9.21. The summed E-state index contributed by atoms with van der Waals surface area (Å²) in [4.78, 5) is 35.1. The number of carboxylic acids is 1. The number of nitrogens with zero attached hydrogens (tertiary/aromatic N) is 1. The van der Waals surface area contributed by atoms with Crippen molar-refractivity contribution >= 4 is 23.6 Å². The van der Waals surface area contributed by atoms with Gasteiger partial charge in [-0.2, -0.15) is 5.10 Å². The number of carbonyl (C=O) groups excluding carboxylic acids is 2. The van der Waals surface area contributed by atoms with Gasteiger partial charge in [0.2, 0.25) is 0 Å². The van der Waals surface area contributed by atoms with Crippen molar-refractivity contribution in [3.05, 3.63) is 0 Å². The minimum atomic E-state index is -1.46. The van der Waals surface area contributed by atoms with Gasteiger partial charge in [-0.1, -0.05) is 13.8 Å². The molecule has 0 bridgehead atoms. The normalized spacial score (nSPS) is 17.8. The molecule has 3 amide bonds. The van der Waals surface area contributed by atoms with E-state index < -0.39 is 36.1 Å². The lowest BCUT2D eigenvalue weighted by Gasteiger charge is -2.23. The molecule has 136 valence electrons. The second-order valence-electron chi connectivity index (χ2n) is 6.26. The first-order valence-electron chi connectivity index (χ1n) is 8.05. The molecule has 0 aliphatic heterocycles. The van der Waals surface area contributed by atoms with E-state index in [2.05, 4.69) is 21.2 Å². The fourth-order valence-corrected chi connectivity index (χ4v) is 2.35. The highest BCUT2D eigenvalue weighted by molar-refractivity contribution is 5.91. The summed E-state index contributed by atoms with van der Waals surface area (Å²) in [7, 11) is 0. The molecule has 1 saturated carbocycles. The zero-order chi connectivity index (χ0) is 18.3. The zero-order valence-electron chi connectivity index (χ0n) is 14.2. The first kappa shape index (κ1) is 19.9. The van der Waals surface area contributed by atoms with E-state index >= 15 is 0 Å². The van der Waals surface area contributed by atoms with Gasteiger partial charge < -0.3 is 20.8 Å². The number of carboxylic acid groups (broad SMARTS) is 1. The third-order valence-electron chi connectivity index (χ3n) is 3.78. The fraction of sp³-hybridized carbons (Fsp3) is 0.733. The second-order valence-corrected chi connectivity index (χ2v) is 6.26. The first-order valence-corrected chi connectivity index (χ1v) is 8.05. The van der Waals surface area contributed by atoms with Crippen LogP contribution in [0, 0.1) is 5.92 Å². The Morgan fingerprint density at radius 2 is 1.58 bits per heavy atom. The number of aliphatic hydroxyl groups is 1. The average molecular weight is 342 g/mol. The molecule has 24 heavy (non-hydrogen) atoms. The molecule has 0 heterocycles. The fourth-order valence-electron chi connectivity index (χ4n) is 2.35. The maximum Gasteiger partial charge on any atom is 0.328 e. The molecule has 5 N–H and O–H groups in total. The quantitative estimate of drug-likeness (QED) is 0.420. The van der Waals surface area contributed by atoms with Gasteiger partial charge in [0, 0.05) is 5.71 Å². The Bertz CT molecular complexity index is 496. The van der Waals surface area contributed by atoms with Crippen molar-refractivity contribution in [2.24, 2.45) is 11.0 Å². The van der Waals surface area contributed by atoms with E-state index in [9.17, 15) is 19.5 Å². The van der Waals surface area contributed by atoms with E-state index in [1.165, 1.54) is 6.92 Å². The Morgan fingerprint density at radius 1 is 1.04 bits per heavy atom. The van der Waals surface area contributed by atoms with Crippen LogP contribution in [-0.2, 0) is 9.59 Å². The molecule has 3 unspecified atom stereocenters. The summed E-state index contributed by atoms with van der Waals surface area (Å²) >= 11 is 0. The van der Waals surface area contributed by atoms with Crippen LogP contribution in [0.2, 0.25) is 0 Å². The summed E-state index contributed by atoms with van der Waals surface area (Å²) in [6.07, 6.45) is 2.55. The number of hydrogen-bond donors (Lipinski definition) is 5. The molecule has 0 saturated heterocycles. The zero-order valence-corrected chi connectivity index (χ0v) is 14.2. The minimum Gasteiger partial charge on any atom is -0.480 e. The lowest BCUT2D eigenvalue weighted by molar-refractivity contribution is -0.141. The Hall–Kier alpha value is -2.16. The summed E-state index contributed by atoms with van der Waals surface area (Å²) in [5.74, 6) is -2.06. The third-order valence-corrected chi connectivity index (χ3v) is 3.78. The van der Waals surface area contributed by atoms with Gasteiger partial charge in [0.15, 0.2) is 6.04 Å². The molecule has 0 aromatic rings. The molecule has 9 nitrogen and oxygen atoms in total. The molecule has 1 aliphatic rings. The number of hydrogen-bond acceptors (Lipinski definition) is 5. The topological polar surface area (TPSA) is 140 Å². The number of nitrogens with one attached hydrogen (secondary N) is 3. The van der Waals surface area contributed by atoms with E-state index in [4.69, 9.17) is 5.11 Å². The number of carbonyl (C=O) groups is 3. The van der Waals surface area contributed by atoms with E-state index in [0.717, 1.165) is 31.4 Å². The standard InChI is InChI=1S/C15H26N4O5/c1-8(2)11(13(21)19-18-10-6-4-5-7-10)16-15(24)17-12(9(3)20)14(22)23/h8-9,11-12,20H,4-7H2,1-3H3,(H,19,21)(H,22,23)(H2,16,17,24). The van der Waals surface area contributed by atoms with Gasteiger partial charge in [-0.05, 0) is 38.5 Å². The number of aliphatic hydroxyl groups excluding tert-OH is 1. The molecule has 9 heteroatoms. The van der Waals surface area contributed by atoms with Gasteiger partial charge in [0.1, 0.15) is 6.04 Å². The highest BCUT2D eigenvalue weighted by atomic mass is 16.4. The van der Waals surface area contributed by atoms with Gasteiger partial charge >= 0.3 is 12.0 Å². The van der Waals surface area contributed by atoms with Crippen LogP contribution in [0.5, 0.6) is 0 Å². The number of hydrazone groups is 1. The maximum absolute atomic E-state index is 12.2. The lowest BCUT2D eigenvalue weighted by atomic mass is 10.0. The van der Waals surface area contributed by atoms with E-state index in [0.29, 0.717) is 0 Å². The van der Waals surface area contributed by atoms with Crippen molar-refractivity contribution in [2.45, 2.75) is 64.6 Å². The molecule has 0 aromatic heterocycles. The molecule has 0 radical (unpaired) electrons. The summed E-state index contributed by atoms with van der Waals surface area (Å²) in [5, 5.41) is 26.9. The first-order chi connectivity index (χ1) is 11.2. The Morgan fingerprint density at radius 3 is 2.04 bits per heavy atom. The van der Waals surface area contributed by atoms with Gasteiger partial charge in [-0.3, -0.25) is 4.79 Å². The predicted octanol–water partition coefficient (Wildman–Crippen LogP) is 0.190. The smallest absolute Gasteiger partial charge is 0.328 e. The van der Waals surface area contributed by atoms with Crippen LogP contribution in [0.3, 0.4) is 0 Å². The molecule has 0 aromatic carbocycles. The molecular weight excluding hydrogens is 316 g/mol. The van der Waals surface area contributed by atoms with E-state index in [-0.39, 0.29) is 5.92 Å². The number of urea groups is 1. The van der Waals surface area contributed by atoms with E-state index in [1.54, 1.807) is 13.8 Å². The predicted molar refractivity (Wildman–Crippen MR) is 87.4 cm³/mol. The monoisotopic (exact) mass is 342 g/mol. The van der Waals surface area contributed by atoms with Crippen LogP contribution < -0.4 is 16.1 Å². The van der Waals surface area contributed by atoms with Crippen molar-refractivity contribution in [1.82, 2.24) is 16.1 Å². The van der Waals surface area contributed by atoms with Crippen molar-refractivity contribution in [1.29, 1.82) is 0 Å². The maximum atomic E-state index is 12.2. The number of rotatable bonds is 7. The largest absolute Gasteiger partial charge is 0.480 e. The highest BCUT2D eigenvalue weighted by Crippen LogP contribution is 2.14. The van der Waals surface area contributed by atoms with Crippen molar-refractivity contribution in [2.75, 3.05) is 0 Å². The van der Waals surface area contributed by atoms with Gasteiger partial charge in [0.25, 0.3) is 5.91 Å². The van der Waals surface area contributed by atoms with Crippen LogP contribution in [0.1, 0.15) is 46.5 Å². The van der Waals surface area contributed by atoms with Crippen LogP contribution >= 0.6 is 0 Å². The van der Waals surface area contributed by atoms with Crippen LogP contribution in [0.15, 0.2) is 5.10 Å². The summed E-state index contributed by atoms with van der Waals surface area (Å²) in [5.41, 5.74) is 3.38. The van der Waals surface area contributed by atoms with Gasteiger partial charge in [-0.15, -0.1) is 0 Å². The van der Waals surface area contributed by atoms with Gasteiger partial charge in [-0.25, -0.2) is 15.0 Å². The van der Waals surface area contributed by atoms with E-state index in [1.807, 2.05) is 0 Å². The van der Waals surface area contributed by atoms with Crippen LogP contribution in [-0.4, -0.2) is 52.0 Å². The molecule has 1 fully saturated rings. The third kappa shape index (κ3) is 6.15. The molecular formula is C15H26N4O5. The minimum absolute atomic E-state index is 0.227. The molecule has 3 atom stereocenters. The molecule has 1 aliphatic carbocycles. The molecule has 0 spiro atoms. The SMILES string of the molecule is CC(C)C(NC(=O)NC(C(=O)O)C(C)O)C(=O)NN=C1CCCC1. The van der Waals surface area contributed by atoms with Crippen LogP contribution in [0.25, 0.3) is 0 Å². The van der Waals surface area contributed by atoms with Crippen LogP contribution in [0.4, 0.5) is 4.79 Å². The Kier molecular flexibility index (Phi) is 7.63. The van der Waals surface area contributed by atoms with Crippen molar-refractivity contribution in [3.63, 3.8) is 0 Å². The van der Waals surface area contributed by atoms with Crippen molar-refractivity contribution < 1.29 is 24.6 Å². The van der Waals surface area contributed by atoms with Gasteiger partial charge in [0.05, 0.1) is 6.10 Å². The summed E-state index contributed by atoms with van der Waals surface area (Å²) in [6, 6.07) is -3.18. The summed E-state index contributed by atoms with van der Waals surface area (Å²) in [6.45, 7) is 4.75. The number of amides is 3. The Balaban J connectivity index is 2.64.